The molecule has 0 unspecified atom stereocenters. The van der Waals surface area contributed by atoms with Crippen molar-refractivity contribution in [3.05, 3.63) is 46.8 Å². The molecule has 1 heterocycles. The Hall–Kier alpha value is -1.32. The average Bonchev–Trinajstić information content (AvgIpc) is 2.22. The summed E-state index contributed by atoms with van der Waals surface area (Å²) in [6, 6.07) is 9.05. The maximum atomic E-state index is 5.77. The fraction of sp³-hybridized carbons (Fsp3) is 0. The van der Waals surface area contributed by atoms with Gasteiger partial charge in [-0.25, -0.2) is 9.97 Å². The van der Waals surface area contributed by atoms with E-state index in [1.165, 1.54) is 0 Å². The first kappa shape index (κ1) is 10.2. The Kier molecular flexibility index (Phi) is 3.04. The van der Waals surface area contributed by atoms with Gasteiger partial charge in [0, 0.05) is 16.9 Å². The molecule has 0 saturated carbocycles. The summed E-state index contributed by atoms with van der Waals surface area (Å²) < 4.78 is 0. The van der Waals surface area contributed by atoms with Crippen molar-refractivity contribution in [2.24, 2.45) is 0 Å². The van der Waals surface area contributed by atoms with E-state index < -0.39 is 0 Å². The van der Waals surface area contributed by atoms with Crippen LogP contribution in [0.25, 0.3) is 0 Å². The van der Waals surface area contributed by atoms with Gasteiger partial charge in [-0.1, -0.05) is 11.6 Å². The highest BCUT2D eigenvalue weighted by atomic mass is 35.5. The zero-order chi connectivity index (χ0) is 10.7. The minimum absolute atomic E-state index is 0.217. The Morgan fingerprint density at radius 1 is 1.00 bits per heavy atom. The van der Waals surface area contributed by atoms with Gasteiger partial charge in [-0.05, 0) is 41.9 Å². The molecule has 2 aromatic rings. The van der Waals surface area contributed by atoms with Crippen molar-refractivity contribution in [2.45, 2.75) is 0 Å². The highest BCUT2D eigenvalue weighted by Crippen LogP contribution is 2.17. The number of nitrogens with zero attached hydrogens (tertiary/aromatic N) is 2. The summed E-state index contributed by atoms with van der Waals surface area (Å²) in [7, 11) is 0. The lowest BCUT2D eigenvalue weighted by Gasteiger charge is -2.04. The van der Waals surface area contributed by atoms with Crippen molar-refractivity contribution in [1.29, 1.82) is 0 Å². The highest BCUT2D eigenvalue weighted by molar-refractivity contribution is 6.30. The summed E-state index contributed by atoms with van der Waals surface area (Å²) >= 11 is 11.4. The van der Waals surface area contributed by atoms with E-state index in [1.54, 1.807) is 24.4 Å². The molecule has 0 aliphatic carbocycles. The maximum Gasteiger partial charge on any atom is 0.224 e. The average molecular weight is 240 g/mol. The summed E-state index contributed by atoms with van der Waals surface area (Å²) in [4.78, 5) is 7.79. The summed E-state index contributed by atoms with van der Waals surface area (Å²) in [5, 5.41) is 3.99. The largest absolute Gasteiger partial charge is 0.340 e. The van der Waals surface area contributed by atoms with Crippen molar-refractivity contribution in [1.82, 2.24) is 9.97 Å². The first-order valence-electron chi connectivity index (χ1n) is 4.25. The fourth-order valence-corrected chi connectivity index (χ4v) is 1.36. The molecule has 0 bridgehead atoms. The predicted molar refractivity (Wildman–Crippen MR) is 61.8 cm³/mol. The van der Waals surface area contributed by atoms with Crippen LogP contribution in [0.4, 0.5) is 11.5 Å². The molecule has 1 aromatic carbocycles. The van der Waals surface area contributed by atoms with Crippen LogP contribution >= 0.6 is 23.2 Å². The lowest BCUT2D eigenvalue weighted by molar-refractivity contribution is 1.17. The SMILES string of the molecule is Clc1ccc(Nc2ccnc(Cl)n2)cc1. The van der Waals surface area contributed by atoms with Crippen LogP contribution in [0.15, 0.2) is 36.5 Å². The van der Waals surface area contributed by atoms with E-state index in [-0.39, 0.29) is 5.28 Å². The topological polar surface area (TPSA) is 37.8 Å². The summed E-state index contributed by atoms with van der Waals surface area (Å²) in [5.41, 5.74) is 0.897. The van der Waals surface area contributed by atoms with E-state index in [0.29, 0.717) is 10.8 Å². The normalized spacial score (nSPS) is 10.0. The quantitative estimate of drug-likeness (QED) is 0.816. The molecule has 0 saturated heterocycles. The summed E-state index contributed by atoms with van der Waals surface area (Å²) in [5.74, 6) is 0.650. The van der Waals surface area contributed by atoms with Crippen LogP contribution in [0.2, 0.25) is 10.3 Å². The third-order valence-corrected chi connectivity index (χ3v) is 2.18. The third-order valence-electron chi connectivity index (χ3n) is 1.74. The zero-order valence-electron chi connectivity index (χ0n) is 7.61. The van der Waals surface area contributed by atoms with Gasteiger partial charge in [0.1, 0.15) is 5.82 Å². The molecule has 0 fully saturated rings. The zero-order valence-corrected chi connectivity index (χ0v) is 9.13. The number of benzene rings is 1. The number of rotatable bonds is 2. The lowest BCUT2D eigenvalue weighted by Crippen LogP contribution is -1.93. The third kappa shape index (κ3) is 2.81. The van der Waals surface area contributed by atoms with Crippen molar-refractivity contribution in [3.8, 4) is 0 Å². The molecule has 0 amide bonds. The van der Waals surface area contributed by atoms with Gasteiger partial charge in [0.15, 0.2) is 0 Å². The second-order valence-electron chi connectivity index (χ2n) is 2.84. The monoisotopic (exact) mass is 239 g/mol. The van der Waals surface area contributed by atoms with E-state index in [9.17, 15) is 0 Å². The standard InChI is InChI=1S/C10H7Cl2N3/c11-7-1-3-8(4-2-7)14-9-5-6-13-10(12)15-9/h1-6H,(H,13,14,15). The van der Waals surface area contributed by atoms with Gasteiger partial charge >= 0.3 is 0 Å². The number of anilines is 2. The minimum atomic E-state index is 0.217. The molecule has 5 heteroatoms. The first-order chi connectivity index (χ1) is 7.24. The maximum absolute atomic E-state index is 5.77. The molecule has 2 rings (SSSR count). The van der Waals surface area contributed by atoms with Gasteiger partial charge in [0.2, 0.25) is 5.28 Å². The fourth-order valence-electron chi connectivity index (χ4n) is 1.09. The van der Waals surface area contributed by atoms with Crippen LogP contribution in [-0.4, -0.2) is 9.97 Å². The number of nitrogens with one attached hydrogen (secondary N) is 1. The minimum Gasteiger partial charge on any atom is -0.340 e. The van der Waals surface area contributed by atoms with Gasteiger partial charge < -0.3 is 5.32 Å². The Morgan fingerprint density at radius 3 is 2.40 bits per heavy atom. The van der Waals surface area contributed by atoms with Crippen LogP contribution in [0.1, 0.15) is 0 Å². The molecule has 15 heavy (non-hydrogen) atoms. The first-order valence-corrected chi connectivity index (χ1v) is 5.01. The van der Waals surface area contributed by atoms with Crippen molar-refractivity contribution in [2.75, 3.05) is 5.32 Å². The number of aromatic nitrogens is 2. The van der Waals surface area contributed by atoms with E-state index in [0.717, 1.165) is 5.69 Å². The second kappa shape index (κ2) is 4.47. The van der Waals surface area contributed by atoms with E-state index >= 15 is 0 Å². The van der Waals surface area contributed by atoms with Crippen molar-refractivity contribution >= 4 is 34.7 Å². The Labute approximate surface area is 97.1 Å². The van der Waals surface area contributed by atoms with E-state index in [1.807, 2.05) is 12.1 Å². The number of hydrogen-bond acceptors (Lipinski definition) is 3. The smallest absolute Gasteiger partial charge is 0.224 e. The van der Waals surface area contributed by atoms with Crippen LogP contribution in [0, 0.1) is 0 Å². The van der Waals surface area contributed by atoms with Gasteiger partial charge in [0.25, 0.3) is 0 Å². The number of halogens is 2. The van der Waals surface area contributed by atoms with Gasteiger partial charge in [-0.2, -0.15) is 0 Å². The molecular formula is C10H7Cl2N3. The molecule has 3 nitrogen and oxygen atoms in total. The molecule has 0 aliphatic rings. The van der Waals surface area contributed by atoms with E-state index in [4.69, 9.17) is 23.2 Å². The van der Waals surface area contributed by atoms with Crippen LogP contribution in [0.3, 0.4) is 0 Å². The molecular weight excluding hydrogens is 233 g/mol. The molecule has 1 aromatic heterocycles. The Bertz CT molecular complexity index is 456. The lowest BCUT2D eigenvalue weighted by atomic mass is 10.3. The molecule has 0 atom stereocenters. The van der Waals surface area contributed by atoms with Gasteiger partial charge in [-0.3, -0.25) is 0 Å². The molecule has 0 spiro atoms. The Morgan fingerprint density at radius 2 is 1.73 bits per heavy atom. The van der Waals surface area contributed by atoms with Crippen molar-refractivity contribution < 1.29 is 0 Å². The van der Waals surface area contributed by atoms with Crippen LogP contribution < -0.4 is 5.32 Å². The summed E-state index contributed by atoms with van der Waals surface area (Å²) in [6.07, 6.45) is 1.59. The molecule has 0 aliphatic heterocycles. The second-order valence-corrected chi connectivity index (χ2v) is 3.62. The predicted octanol–water partition coefficient (Wildman–Crippen LogP) is 3.53. The molecule has 76 valence electrons. The van der Waals surface area contributed by atoms with Crippen molar-refractivity contribution in [3.63, 3.8) is 0 Å². The summed E-state index contributed by atoms with van der Waals surface area (Å²) in [6.45, 7) is 0. The highest BCUT2D eigenvalue weighted by Gasteiger charge is 1.97. The molecule has 1 N–H and O–H groups in total. The van der Waals surface area contributed by atoms with Crippen LogP contribution in [-0.2, 0) is 0 Å². The van der Waals surface area contributed by atoms with Gasteiger partial charge in [-0.15, -0.1) is 0 Å². The van der Waals surface area contributed by atoms with E-state index in [2.05, 4.69) is 15.3 Å². The number of hydrogen-bond donors (Lipinski definition) is 1. The van der Waals surface area contributed by atoms with Gasteiger partial charge in [0.05, 0.1) is 0 Å². The van der Waals surface area contributed by atoms with Crippen LogP contribution in [0.5, 0.6) is 0 Å². The Balaban J connectivity index is 2.18. The molecule has 0 radical (unpaired) electrons.